The summed E-state index contributed by atoms with van der Waals surface area (Å²) < 4.78 is 10.4. The Bertz CT molecular complexity index is 538. The normalized spacial score (nSPS) is 23.6. The van der Waals surface area contributed by atoms with Crippen molar-refractivity contribution < 1.29 is 19.4 Å². The second-order valence-electron chi connectivity index (χ2n) is 5.06. The molecule has 0 spiro atoms. The van der Waals surface area contributed by atoms with Gasteiger partial charge in [0, 0.05) is 6.54 Å². The highest BCUT2D eigenvalue weighted by Crippen LogP contribution is 2.19. The number of hydrogen-bond acceptors (Lipinski definition) is 5. The minimum absolute atomic E-state index is 0.0955. The lowest BCUT2D eigenvalue weighted by Crippen LogP contribution is -2.41. The number of amides is 1. The molecule has 1 aromatic carbocycles. The second-order valence-corrected chi connectivity index (χ2v) is 5.06. The predicted octanol–water partition coefficient (Wildman–Crippen LogP) is 0.298. The Labute approximate surface area is 129 Å². The number of carbonyl (C=O) groups is 1. The molecule has 22 heavy (non-hydrogen) atoms. The molecule has 6 nitrogen and oxygen atoms in total. The van der Waals surface area contributed by atoms with E-state index in [9.17, 15) is 9.90 Å². The maximum Gasteiger partial charge on any atom is 0.408 e. The highest BCUT2D eigenvalue weighted by molar-refractivity contribution is 5.67. The van der Waals surface area contributed by atoms with E-state index in [1.165, 1.54) is 0 Å². The molecule has 3 atom stereocenters. The van der Waals surface area contributed by atoms with E-state index in [1.54, 1.807) is 7.11 Å². The van der Waals surface area contributed by atoms with Crippen molar-refractivity contribution in [3.63, 3.8) is 0 Å². The Hall–Kier alpha value is -2.23. The van der Waals surface area contributed by atoms with Crippen molar-refractivity contribution in [2.75, 3.05) is 20.2 Å². The van der Waals surface area contributed by atoms with Crippen LogP contribution in [0, 0.1) is 12.3 Å². The fourth-order valence-corrected chi connectivity index (χ4v) is 2.43. The first-order valence-corrected chi connectivity index (χ1v) is 7.06. The van der Waals surface area contributed by atoms with Crippen LogP contribution in [0.1, 0.15) is 5.56 Å². The van der Waals surface area contributed by atoms with E-state index in [1.807, 2.05) is 24.3 Å². The molecular formula is C16H20N2O4. The number of benzene rings is 1. The maximum absolute atomic E-state index is 11.6. The molecule has 1 aliphatic heterocycles. The van der Waals surface area contributed by atoms with Crippen LogP contribution in [-0.2, 0) is 11.2 Å². The summed E-state index contributed by atoms with van der Waals surface area (Å²) in [5, 5.41) is 15.6. The van der Waals surface area contributed by atoms with Crippen molar-refractivity contribution in [2.24, 2.45) is 0 Å². The van der Waals surface area contributed by atoms with Crippen molar-refractivity contribution in [3.8, 4) is 18.1 Å². The molecule has 1 amide bonds. The number of aliphatic hydroxyl groups excluding tert-OH is 1. The molecular weight excluding hydrogens is 284 g/mol. The van der Waals surface area contributed by atoms with E-state index in [2.05, 4.69) is 16.6 Å². The molecule has 0 bridgehead atoms. The van der Waals surface area contributed by atoms with Crippen LogP contribution in [0.15, 0.2) is 24.3 Å². The van der Waals surface area contributed by atoms with Gasteiger partial charge in [0.25, 0.3) is 0 Å². The van der Waals surface area contributed by atoms with Crippen LogP contribution in [0.2, 0.25) is 0 Å². The SMILES string of the molecule is C#CCNC(=O)O[C@@H]1[C@@H](O)CN[C@@H]1Cc1ccc(OC)cc1. The van der Waals surface area contributed by atoms with Crippen LogP contribution in [-0.4, -0.2) is 49.6 Å². The van der Waals surface area contributed by atoms with Gasteiger partial charge in [-0.1, -0.05) is 18.1 Å². The van der Waals surface area contributed by atoms with Gasteiger partial charge in [-0.2, -0.15) is 0 Å². The van der Waals surface area contributed by atoms with Gasteiger partial charge in [0.15, 0.2) is 0 Å². The number of hydrogen-bond donors (Lipinski definition) is 3. The summed E-state index contributed by atoms with van der Waals surface area (Å²) >= 11 is 0. The molecule has 0 aromatic heterocycles. The average Bonchev–Trinajstić information content (AvgIpc) is 2.87. The Kier molecular flexibility index (Phi) is 5.64. The number of ether oxygens (including phenoxy) is 2. The van der Waals surface area contributed by atoms with Gasteiger partial charge in [-0.05, 0) is 24.1 Å². The first-order chi connectivity index (χ1) is 10.6. The molecule has 118 valence electrons. The van der Waals surface area contributed by atoms with Gasteiger partial charge in [0.05, 0.1) is 19.7 Å². The molecule has 2 rings (SSSR count). The van der Waals surface area contributed by atoms with Crippen LogP contribution < -0.4 is 15.4 Å². The minimum atomic E-state index is -0.736. The molecule has 0 unspecified atom stereocenters. The molecule has 1 heterocycles. The van der Waals surface area contributed by atoms with Crippen molar-refractivity contribution in [1.29, 1.82) is 0 Å². The zero-order valence-corrected chi connectivity index (χ0v) is 12.4. The third-order valence-electron chi connectivity index (χ3n) is 3.56. The van der Waals surface area contributed by atoms with Gasteiger partial charge in [0.2, 0.25) is 0 Å². The predicted molar refractivity (Wildman–Crippen MR) is 81.6 cm³/mol. The number of β-amino-alcohol motifs (C(OH)–C–C–N with tert-alkyl or cyclic N) is 1. The van der Waals surface area contributed by atoms with Gasteiger partial charge in [-0.3, -0.25) is 0 Å². The van der Waals surface area contributed by atoms with Gasteiger partial charge >= 0.3 is 6.09 Å². The smallest absolute Gasteiger partial charge is 0.408 e. The summed E-state index contributed by atoms with van der Waals surface area (Å²) in [5.41, 5.74) is 1.06. The molecule has 0 saturated carbocycles. The summed E-state index contributed by atoms with van der Waals surface area (Å²) in [6.07, 6.45) is 3.74. The zero-order chi connectivity index (χ0) is 15.9. The van der Waals surface area contributed by atoms with E-state index >= 15 is 0 Å². The monoisotopic (exact) mass is 304 g/mol. The van der Waals surface area contributed by atoms with Crippen LogP contribution in [0.4, 0.5) is 4.79 Å². The molecule has 1 saturated heterocycles. The topological polar surface area (TPSA) is 79.8 Å². The van der Waals surface area contributed by atoms with Crippen molar-refractivity contribution in [2.45, 2.75) is 24.7 Å². The lowest BCUT2D eigenvalue weighted by Gasteiger charge is -2.22. The largest absolute Gasteiger partial charge is 0.497 e. The summed E-state index contributed by atoms with van der Waals surface area (Å²) in [5.74, 6) is 3.08. The van der Waals surface area contributed by atoms with Crippen molar-refractivity contribution in [1.82, 2.24) is 10.6 Å². The number of carbonyl (C=O) groups excluding carboxylic acids is 1. The molecule has 0 aliphatic carbocycles. The highest BCUT2D eigenvalue weighted by atomic mass is 16.6. The van der Waals surface area contributed by atoms with Gasteiger partial charge in [0.1, 0.15) is 18.0 Å². The summed E-state index contributed by atoms with van der Waals surface area (Å²) in [7, 11) is 1.61. The number of methoxy groups -OCH3 is 1. The van der Waals surface area contributed by atoms with Gasteiger partial charge in [-0.15, -0.1) is 6.42 Å². The van der Waals surface area contributed by atoms with Gasteiger partial charge < -0.3 is 25.2 Å². The van der Waals surface area contributed by atoms with Crippen LogP contribution in [0.25, 0.3) is 0 Å². The van der Waals surface area contributed by atoms with Crippen LogP contribution in [0.5, 0.6) is 5.75 Å². The maximum atomic E-state index is 11.6. The first kappa shape index (κ1) is 16.1. The fraction of sp³-hybridized carbons (Fsp3) is 0.438. The number of aliphatic hydroxyl groups is 1. The quantitative estimate of drug-likeness (QED) is 0.682. The summed E-state index contributed by atoms with van der Waals surface area (Å²) in [4.78, 5) is 11.6. The van der Waals surface area contributed by atoms with Crippen LogP contribution >= 0.6 is 0 Å². The first-order valence-electron chi connectivity index (χ1n) is 7.06. The Morgan fingerprint density at radius 2 is 2.23 bits per heavy atom. The van der Waals surface area contributed by atoms with Crippen LogP contribution in [0.3, 0.4) is 0 Å². The number of terminal acetylenes is 1. The average molecular weight is 304 g/mol. The molecule has 6 heteroatoms. The lowest BCUT2D eigenvalue weighted by molar-refractivity contribution is 0.0194. The highest BCUT2D eigenvalue weighted by Gasteiger charge is 2.37. The minimum Gasteiger partial charge on any atom is -0.497 e. The van der Waals surface area contributed by atoms with Gasteiger partial charge in [-0.25, -0.2) is 4.79 Å². The molecule has 1 aliphatic rings. The van der Waals surface area contributed by atoms with E-state index in [0.29, 0.717) is 13.0 Å². The second kappa shape index (κ2) is 7.69. The fourth-order valence-electron chi connectivity index (χ4n) is 2.43. The number of rotatable bonds is 5. The van der Waals surface area contributed by atoms with E-state index < -0.39 is 18.3 Å². The lowest BCUT2D eigenvalue weighted by atomic mass is 10.0. The van der Waals surface area contributed by atoms with E-state index in [-0.39, 0.29) is 12.6 Å². The molecule has 1 fully saturated rings. The third kappa shape index (κ3) is 4.13. The molecule has 1 aromatic rings. The van der Waals surface area contributed by atoms with E-state index in [0.717, 1.165) is 11.3 Å². The molecule has 0 radical (unpaired) electrons. The number of alkyl carbamates (subject to hydrolysis) is 1. The Morgan fingerprint density at radius 3 is 2.86 bits per heavy atom. The summed E-state index contributed by atoms with van der Waals surface area (Å²) in [6.45, 7) is 0.478. The standard InChI is InChI=1S/C16H20N2O4/c1-3-8-17-16(20)22-15-13(18-10-14(15)19)9-11-4-6-12(21-2)7-5-11/h1,4-7,13-15,18-19H,8-10H2,2H3,(H,17,20)/t13-,14+,15+/m1/s1. The summed E-state index contributed by atoms with van der Waals surface area (Å²) in [6, 6.07) is 7.48. The molecule has 3 N–H and O–H groups in total. The Morgan fingerprint density at radius 1 is 1.50 bits per heavy atom. The third-order valence-corrected chi connectivity index (χ3v) is 3.56. The zero-order valence-electron chi connectivity index (χ0n) is 12.4. The Balaban J connectivity index is 1.96. The number of nitrogens with one attached hydrogen (secondary N) is 2. The van der Waals surface area contributed by atoms with Crippen molar-refractivity contribution >= 4 is 6.09 Å². The van der Waals surface area contributed by atoms with Crippen molar-refractivity contribution in [3.05, 3.63) is 29.8 Å². The van der Waals surface area contributed by atoms with E-state index in [4.69, 9.17) is 15.9 Å².